The summed E-state index contributed by atoms with van der Waals surface area (Å²) in [5.74, 6) is -2.14. The number of pyridine rings is 1. The molecule has 0 spiro atoms. The highest BCUT2D eigenvalue weighted by Crippen LogP contribution is 2.28. The number of aryl methyl sites for hydroxylation is 1. The van der Waals surface area contributed by atoms with Gasteiger partial charge < -0.3 is 5.11 Å². The molecule has 0 fully saturated rings. The van der Waals surface area contributed by atoms with E-state index in [9.17, 15) is 13.2 Å². The van der Waals surface area contributed by atoms with Crippen LogP contribution >= 0.6 is 0 Å². The van der Waals surface area contributed by atoms with Crippen molar-refractivity contribution in [1.29, 1.82) is 0 Å². The number of alkyl halides is 2. The minimum absolute atomic E-state index is 0.111. The average molecular weight is 177 g/mol. The van der Waals surface area contributed by atoms with Crippen molar-refractivity contribution in [3.05, 3.63) is 23.3 Å². The van der Waals surface area contributed by atoms with Crippen molar-refractivity contribution < 1.29 is 18.3 Å². The zero-order chi connectivity index (χ0) is 9.30. The predicted molar refractivity (Wildman–Crippen MR) is 35.6 cm³/mol. The molecular weight excluding hydrogens is 171 g/mol. The quantitative estimate of drug-likeness (QED) is 0.713. The third-order valence-corrected chi connectivity index (χ3v) is 1.45. The summed E-state index contributed by atoms with van der Waals surface area (Å²) in [5.41, 5.74) is -0.949. The van der Waals surface area contributed by atoms with Gasteiger partial charge in [0.2, 0.25) is 0 Å². The van der Waals surface area contributed by atoms with Crippen LogP contribution in [-0.4, -0.2) is 10.1 Å². The van der Waals surface area contributed by atoms with Gasteiger partial charge in [-0.05, 0) is 6.92 Å². The van der Waals surface area contributed by atoms with Gasteiger partial charge in [0.1, 0.15) is 0 Å². The molecule has 0 saturated heterocycles. The second-order valence-electron chi connectivity index (χ2n) is 2.26. The van der Waals surface area contributed by atoms with Gasteiger partial charge in [0.15, 0.2) is 11.6 Å². The Labute approximate surface area is 66.7 Å². The molecule has 0 bridgehead atoms. The maximum atomic E-state index is 12.7. The van der Waals surface area contributed by atoms with Crippen LogP contribution < -0.4 is 0 Å². The van der Waals surface area contributed by atoms with E-state index in [1.165, 1.54) is 6.92 Å². The van der Waals surface area contributed by atoms with Gasteiger partial charge in [-0.2, -0.15) is 0 Å². The summed E-state index contributed by atoms with van der Waals surface area (Å²) in [6, 6.07) is 0. The molecule has 1 aromatic rings. The third-order valence-electron chi connectivity index (χ3n) is 1.45. The number of hydrogen-bond donors (Lipinski definition) is 1. The zero-order valence-corrected chi connectivity index (χ0v) is 6.18. The molecule has 0 radical (unpaired) electrons. The van der Waals surface area contributed by atoms with E-state index in [4.69, 9.17) is 5.11 Å². The van der Waals surface area contributed by atoms with Gasteiger partial charge in [0.25, 0.3) is 6.43 Å². The lowest BCUT2D eigenvalue weighted by Crippen LogP contribution is -1.97. The summed E-state index contributed by atoms with van der Waals surface area (Å²) in [4.78, 5) is 3.39. The van der Waals surface area contributed by atoms with Crippen LogP contribution in [-0.2, 0) is 0 Å². The van der Waals surface area contributed by atoms with Crippen LogP contribution in [0.25, 0.3) is 0 Å². The molecule has 0 aliphatic rings. The number of aromatic nitrogens is 1. The fourth-order valence-corrected chi connectivity index (χ4v) is 0.835. The first kappa shape index (κ1) is 8.83. The summed E-state index contributed by atoms with van der Waals surface area (Å²) in [5, 5.41) is 8.70. The molecule has 0 saturated carbocycles. The van der Waals surface area contributed by atoms with Crippen molar-refractivity contribution in [3.8, 4) is 5.75 Å². The molecule has 12 heavy (non-hydrogen) atoms. The first-order valence-electron chi connectivity index (χ1n) is 3.16. The van der Waals surface area contributed by atoms with Crippen molar-refractivity contribution in [2.45, 2.75) is 13.3 Å². The summed E-state index contributed by atoms with van der Waals surface area (Å²) >= 11 is 0. The maximum absolute atomic E-state index is 12.7. The van der Waals surface area contributed by atoms with Gasteiger partial charge in [-0.1, -0.05) is 0 Å². The number of halogens is 3. The lowest BCUT2D eigenvalue weighted by Gasteiger charge is -2.05. The first-order valence-corrected chi connectivity index (χ1v) is 3.16. The molecule has 0 aliphatic heterocycles. The Morgan fingerprint density at radius 2 is 2.08 bits per heavy atom. The first-order chi connectivity index (χ1) is 5.54. The predicted octanol–water partition coefficient (Wildman–Crippen LogP) is 2.17. The van der Waals surface area contributed by atoms with E-state index in [1.54, 1.807) is 0 Å². The van der Waals surface area contributed by atoms with Crippen molar-refractivity contribution >= 4 is 0 Å². The molecule has 0 aromatic carbocycles. The van der Waals surface area contributed by atoms with E-state index >= 15 is 0 Å². The second-order valence-corrected chi connectivity index (χ2v) is 2.26. The van der Waals surface area contributed by atoms with E-state index in [0.717, 1.165) is 6.20 Å². The zero-order valence-electron chi connectivity index (χ0n) is 6.18. The number of nitrogens with zero attached hydrogens (tertiary/aromatic N) is 1. The fraction of sp³-hybridized carbons (Fsp3) is 0.286. The van der Waals surface area contributed by atoms with E-state index < -0.39 is 23.6 Å². The van der Waals surface area contributed by atoms with Crippen molar-refractivity contribution in [3.63, 3.8) is 0 Å². The molecule has 1 rings (SSSR count). The van der Waals surface area contributed by atoms with Crippen molar-refractivity contribution in [2.24, 2.45) is 0 Å². The van der Waals surface area contributed by atoms with Gasteiger partial charge in [0, 0.05) is 5.69 Å². The number of aromatic hydroxyl groups is 1. The monoisotopic (exact) mass is 177 g/mol. The Balaban J connectivity index is 3.33. The van der Waals surface area contributed by atoms with Crippen LogP contribution in [0.3, 0.4) is 0 Å². The highest BCUT2D eigenvalue weighted by Gasteiger charge is 2.19. The number of hydrogen-bond acceptors (Lipinski definition) is 2. The van der Waals surface area contributed by atoms with E-state index in [2.05, 4.69) is 4.98 Å². The minimum atomic E-state index is -2.95. The molecule has 1 aromatic heterocycles. The van der Waals surface area contributed by atoms with Gasteiger partial charge in [-0.25, -0.2) is 13.2 Å². The Kier molecular flexibility index (Phi) is 2.21. The van der Waals surface area contributed by atoms with Crippen LogP contribution in [0.15, 0.2) is 6.20 Å². The Morgan fingerprint density at radius 3 is 2.50 bits per heavy atom. The Bertz CT molecular complexity index is 301. The highest BCUT2D eigenvalue weighted by atomic mass is 19.3. The molecule has 66 valence electrons. The fourth-order valence-electron chi connectivity index (χ4n) is 0.835. The van der Waals surface area contributed by atoms with E-state index in [1.807, 2.05) is 0 Å². The molecular formula is C7H6F3NO. The molecule has 0 amide bonds. The Hall–Kier alpha value is -1.26. The standard InChI is InChI=1S/C7H6F3NO/c1-3-5(7(9)10)6(8)4(12)2-11-3/h2,7,12H,1H3. The van der Waals surface area contributed by atoms with Gasteiger partial charge in [-0.15, -0.1) is 0 Å². The van der Waals surface area contributed by atoms with Gasteiger partial charge in [-0.3, -0.25) is 4.98 Å². The molecule has 2 nitrogen and oxygen atoms in total. The maximum Gasteiger partial charge on any atom is 0.268 e. The third kappa shape index (κ3) is 1.34. The normalized spacial score (nSPS) is 10.8. The van der Waals surface area contributed by atoms with Gasteiger partial charge >= 0.3 is 0 Å². The summed E-state index contributed by atoms with van der Waals surface area (Å²) in [6.07, 6.45) is -2.15. The Morgan fingerprint density at radius 1 is 1.50 bits per heavy atom. The van der Waals surface area contributed by atoms with Crippen molar-refractivity contribution in [2.75, 3.05) is 0 Å². The topological polar surface area (TPSA) is 33.1 Å². The minimum Gasteiger partial charge on any atom is -0.504 e. The van der Waals surface area contributed by atoms with E-state index in [-0.39, 0.29) is 5.69 Å². The van der Waals surface area contributed by atoms with E-state index in [0.29, 0.717) is 0 Å². The second kappa shape index (κ2) is 3.00. The summed E-state index contributed by atoms with van der Waals surface area (Å²) < 4.78 is 36.9. The van der Waals surface area contributed by atoms with Gasteiger partial charge in [0.05, 0.1) is 11.8 Å². The van der Waals surface area contributed by atoms with Crippen LogP contribution in [0, 0.1) is 12.7 Å². The van der Waals surface area contributed by atoms with Crippen LogP contribution in [0.5, 0.6) is 5.75 Å². The average Bonchev–Trinajstić information content (AvgIpc) is 1.97. The SMILES string of the molecule is Cc1ncc(O)c(F)c1C(F)F. The van der Waals surface area contributed by atoms with Crippen LogP contribution in [0.4, 0.5) is 13.2 Å². The van der Waals surface area contributed by atoms with Crippen LogP contribution in [0.1, 0.15) is 17.7 Å². The molecule has 0 atom stereocenters. The molecule has 5 heteroatoms. The molecule has 1 heterocycles. The van der Waals surface area contributed by atoms with Crippen molar-refractivity contribution in [1.82, 2.24) is 4.98 Å². The molecule has 0 unspecified atom stereocenters. The van der Waals surface area contributed by atoms with Crippen LogP contribution in [0.2, 0.25) is 0 Å². The number of rotatable bonds is 1. The smallest absolute Gasteiger partial charge is 0.268 e. The largest absolute Gasteiger partial charge is 0.504 e. The summed E-state index contributed by atoms with van der Waals surface area (Å²) in [6.45, 7) is 1.25. The lowest BCUT2D eigenvalue weighted by atomic mass is 10.2. The lowest BCUT2D eigenvalue weighted by molar-refractivity contribution is 0.143. The summed E-state index contributed by atoms with van der Waals surface area (Å²) in [7, 11) is 0. The molecule has 1 N–H and O–H groups in total. The highest BCUT2D eigenvalue weighted by molar-refractivity contribution is 5.30. The molecule has 0 aliphatic carbocycles.